The molecular weight excluding hydrogens is 280 g/mol. The van der Waals surface area contributed by atoms with Crippen LogP contribution in [0.3, 0.4) is 0 Å². The quantitative estimate of drug-likeness (QED) is 0.533. The molecule has 5 nitrogen and oxygen atoms in total. The third kappa shape index (κ3) is 4.25. The van der Waals surface area contributed by atoms with Crippen LogP contribution in [0, 0.1) is 0 Å². The minimum Gasteiger partial charge on any atom is -0.478 e. The number of benzene rings is 2. The van der Waals surface area contributed by atoms with Crippen molar-refractivity contribution >= 4 is 11.8 Å². The molecule has 0 aromatic heterocycles. The van der Waals surface area contributed by atoms with E-state index in [1.165, 1.54) is 12.1 Å². The molecule has 114 valence electrons. The molecule has 0 heterocycles. The van der Waals surface area contributed by atoms with Crippen LogP contribution < -0.4 is 11.3 Å². The van der Waals surface area contributed by atoms with Gasteiger partial charge in [0, 0.05) is 6.42 Å². The van der Waals surface area contributed by atoms with Gasteiger partial charge >= 0.3 is 5.97 Å². The third-order valence-electron chi connectivity index (χ3n) is 3.45. The lowest BCUT2D eigenvalue weighted by Crippen LogP contribution is -2.43. The highest BCUT2D eigenvalue weighted by molar-refractivity contribution is 5.88. The van der Waals surface area contributed by atoms with Gasteiger partial charge in [-0.25, -0.2) is 10.2 Å². The highest BCUT2D eigenvalue weighted by Crippen LogP contribution is 2.09. The minimum absolute atomic E-state index is 0.0329. The van der Waals surface area contributed by atoms with Gasteiger partial charge in [0.2, 0.25) is 0 Å². The van der Waals surface area contributed by atoms with Crippen molar-refractivity contribution in [2.75, 3.05) is 0 Å². The van der Waals surface area contributed by atoms with Crippen LogP contribution in [-0.2, 0) is 17.6 Å². The first-order chi connectivity index (χ1) is 10.6. The summed E-state index contributed by atoms with van der Waals surface area (Å²) in [5.41, 5.74) is 4.55. The standard InChI is InChI=1S/C17H18N2O3/c18-19-15(10-12-4-2-1-3-5-12)16(20)11-13-6-8-14(9-7-13)17(21)22/h1-9,15,19H,10-11,18H2,(H,21,22)/t15-/m0/s1. The molecule has 2 aromatic carbocycles. The van der Waals surface area contributed by atoms with Gasteiger partial charge in [0.25, 0.3) is 0 Å². The van der Waals surface area contributed by atoms with E-state index in [2.05, 4.69) is 5.43 Å². The van der Waals surface area contributed by atoms with Crippen molar-refractivity contribution in [1.82, 2.24) is 5.43 Å². The zero-order chi connectivity index (χ0) is 15.9. The van der Waals surface area contributed by atoms with Crippen LogP contribution in [0.25, 0.3) is 0 Å². The second-order valence-corrected chi connectivity index (χ2v) is 5.05. The summed E-state index contributed by atoms with van der Waals surface area (Å²) in [7, 11) is 0. The Bertz CT molecular complexity index is 639. The number of nitrogens with two attached hydrogens (primary N) is 1. The van der Waals surface area contributed by atoms with Gasteiger partial charge in [0.15, 0.2) is 5.78 Å². The SMILES string of the molecule is NN[C@@H](Cc1ccccc1)C(=O)Cc1ccc(C(=O)O)cc1. The van der Waals surface area contributed by atoms with Gasteiger partial charge in [-0.15, -0.1) is 0 Å². The van der Waals surface area contributed by atoms with Crippen LogP contribution in [0.4, 0.5) is 0 Å². The number of nitrogens with one attached hydrogen (secondary N) is 1. The normalized spacial score (nSPS) is 11.9. The van der Waals surface area contributed by atoms with E-state index in [4.69, 9.17) is 10.9 Å². The van der Waals surface area contributed by atoms with Crippen LogP contribution in [0.1, 0.15) is 21.5 Å². The number of Topliss-reactive ketones (excluding diaryl/α,β-unsaturated/α-hetero) is 1. The number of carbonyl (C=O) groups is 2. The lowest BCUT2D eigenvalue weighted by Gasteiger charge is -2.15. The van der Waals surface area contributed by atoms with Gasteiger partial charge in [-0.1, -0.05) is 42.5 Å². The van der Waals surface area contributed by atoms with Gasteiger partial charge in [0.05, 0.1) is 11.6 Å². The molecule has 4 N–H and O–H groups in total. The van der Waals surface area contributed by atoms with Gasteiger partial charge in [-0.05, 0) is 29.7 Å². The molecule has 2 rings (SSSR count). The summed E-state index contributed by atoms with van der Waals surface area (Å²) in [5.74, 6) is 4.47. The average Bonchev–Trinajstić information content (AvgIpc) is 2.54. The molecule has 0 saturated heterocycles. The molecule has 0 fully saturated rings. The summed E-state index contributed by atoms with van der Waals surface area (Å²) in [6.45, 7) is 0. The molecule has 0 amide bonds. The largest absolute Gasteiger partial charge is 0.478 e. The molecule has 0 aliphatic rings. The Balaban J connectivity index is 2.01. The lowest BCUT2D eigenvalue weighted by molar-refractivity contribution is -0.120. The van der Waals surface area contributed by atoms with Crippen molar-refractivity contribution in [3.05, 3.63) is 71.3 Å². The van der Waals surface area contributed by atoms with Gasteiger partial charge in [-0.3, -0.25) is 10.6 Å². The van der Waals surface area contributed by atoms with E-state index in [0.717, 1.165) is 11.1 Å². The fraction of sp³-hybridized carbons (Fsp3) is 0.176. The topological polar surface area (TPSA) is 92.4 Å². The first-order valence-electron chi connectivity index (χ1n) is 6.95. The van der Waals surface area contributed by atoms with Crippen LogP contribution in [0.2, 0.25) is 0 Å². The Kier molecular flexibility index (Phi) is 5.41. The number of rotatable bonds is 7. The van der Waals surface area contributed by atoms with Crippen molar-refractivity contribution < 1.29 is 14.7 Å². The van der Waals surface area contributed by atoms with Crippen LogP contribution in [0.15, 0.2) is 54.6 Å². The Morgan fingerprint density at radius 1 is 1.00 bits per heavy atom. The summed E-state index contributed by atoms with van der Waals surface area (Å²) >= 11 is 0. The van der Waals surface area contributed by atoms with Crippen molar-refractivity contribution in [2.45, 2.75) is 18.9 Å². The summed E-state index contributed by atoms with van der Waals surface area (Å²) in [6.07, 6.45) is 0.727. The van der Waals surface area contributed by atoms with Crippen molar-refractivity contribution in [3.63, 3.8) is 0 Å². The number of carboxylic acid groups (broad SMARTS) is 1. The second-order valence-electron chi connectivity index (χ2n) is 5.05. The molecule has 1 atom stereocenters. The number of carboxylic acids is 1. The molecule has 0 aliphatic carbocycles. The van der Waals surface area contributed by atoms with E-state index in [1.54, 1.807) is 12.1 Å². The van der Waals surface area contributed by atoms with Crippen LogP contribution in [-0.4, -0.2) is 22.9 Å². The third-order valence-corrected chi connectivity index (χ3v) is 3.45. The smallest absolute Gasteiger partial charge is 0.335 e. The predicted octanol–water partition coefficient (Wildman–Crippen LogP) is 1.57. The number of hydrogen-bond donors (Lipinski definition) is 3. The number of hydrogen-bond acceptors (Lipinski definition) is 4. The van der Waals surface area contributed by atoms with E-state index in [9.17, 15) is 9.59 Å². The Morgan fingerprint density at radius 3 is 2.18 bits per heavy atom. The molecule has 0 bridgehead atoms. The summed E-state index contributed by atoms with van der Waals surface area (Å²) in [4.78, 5) is 23.1. The Morgan fingerprint density at radius 2 is 1.64 bits per heavy atom. The van der Waals surface area contributed by atoms with E-state index < -0.39 is 12.0 Å². The first kappa shape index (κ1) is 15.9. The van der Waals surface area contributed by atoms with E-state index in [1.807, 2.05) is 30.3 Å². The fourth-order valence-corrected chi connectivity index (χ4v) is 2.21. The molecule has 5 heteroatoms. The molecule has 2 aromatic rings. The Labute approximate surface area is 128 Å². The monoisotopic (exact) mass is 298 g/mol. The predicted molar refractivity (Wildman–Crippen MR) is 83.4 cm³/mol. The molecular formula is C17H18N2O3. The molecule has 0 spiro atoms. The van der Waals surface area contributed by atoms with Crippen molar-refractivity contribution in [2.24, 2.45) is 5.84 Å². The maximum absolute atomic E-state index is 12.3. The summed E-state index contributed by atoms with van der Waals surface area (Å²) in [5, 5.41) is 8.85. The number of aromatic carboxylic acids is 1. The highest BCUT2D eigenvalue weighted by atomic mass is 16.4. The fourth-order valence-electron chi connectivity index (χ4n) is 2.21. The van der Waals surface area contributed by atoms with E-state index in [0.29, 0.717) is 6.42 Å². The van der Waals surface area contributed by atoms with E-state index >= 15 is 0 Å². The summed E-state index contributed by atoms with van der Waals surface area (Å²) < 4.78 is 0. The molecule has 0 aliphatic heterocycles. The molecule has 0 radical (unpaired) electrons. The van der Waals surface area contributed by atoms with Gasteiger partial charge in [0.1, 0.15) is 0 Å². The first-order valence-corrected chi connectivity index (χ1v) is 6.95. The second kappa shape index (κ2) is 7.49. The van der Waals surface area contributed by atoms with E-state index in [-0.39, 0.29) is 17.8 Å². The van der Waals surface area contributed by atoms with Crippen molar-refractivity contribution in [1.29, 1.82) is 0 Å². The number of hydrazine groups is 1. The number of ketones is 1. The zero-order valence-corrected chi connectivity index (χ0v) is 12.0. The molecule has 0 unspecified atom stereocenters. The number of carbonyl (C=O) groups excluding carboxylic acids is 1. The van der Waals surface area contributed by atoms with Crippen LogP contribution in [0.5, 0.6) is 0 Å². The maximum Gasteiger partial charge on any atom is 0.335 e. The van der Waals surface area contributed by atoms with Crippen molar-refractivity contribution in [3.8, 4) is 0 Å². The minimum atomic E-state index is -0.983. The summed E-state index contributed by atoms with van der Waals surface area (Å²) in [6, 6.07) is 15.4. The highest BCUT2D eigenvalue weighted by Gasteiger charge is 2.17. The molecule has 0 saturated carbocycles. The zero-order valence-electron chi connectivity index (χ0n) is 12.0. The average molecular weight is 298 g/mol. The van der Waals surface area contributed by atoms with Gasteiger partial charge in [-0.2, -0.15) is 0 Å². The Hall–Kier alpha value is -2.50. The van der Waals surface area contributed by atoms with Gasteiger partial charge < -0.3 is 5.11 Å². The lowest BCUT2D eigenvalue weighted by atomic mass is 9.98. The van der Waals surface area contributed by atoms with Crippen LogP contribution >= 0.6 is 0 Å². The maximum atomic E-state index is 12.3. The molecule has 22 heavy (non-hydrogen) atoms.